The first kappa shape index (κ1) is 31.6. The predicted molar refractivity (Wildman–Crippen MR) is 174 cm³/mol. The van der Waals surface area contributed by atoms with Gasteiger partial charge in [-0.3, -0.25) is 9.88 Å². The molecule has 4 radical (unpaired) electrons. The summed E-state index contributed by atoms with van der Waals surface area (Å²) in [6, 6.07) is 5.13. The zero-order valence-corrected chi connectivity index (χ0v) is 25.7. The minimum absolute atomic E-state index is 0.000132. The van der Waals surface area contributed by atoms with Crippen LogP contribution in [0.1, 0.15) is 31.2 Å². The molecule has 3 fully saturated rings. The molecule has 0 spiro atoms. The van der Waals surface area contributed by atoms with Crippen molar-refractivity contribution in [2.75, 3.05) is 50.8 Å². The highest BCUT2D eigenvalue weighted by molar-refractivity contribution is 6.37. The summed E-state index contributed by atoms with van der Waals surface area (Å²) >= 11 is 0. The van der Waals surface area contributed by atoms with Gasteiger partial charge in [-0.25, -0.2) is 8.78 Å². The second-order valence-electron chi connectivity index (χ2n) is 12.5. The number of halogens is 2. The van der Waals surface area contributed by atoms with E-state index in [9.17, 15) is 14.6 Å². The van der Waals surface area contributed by atoms with Crippen molar-refractivity contribution in [3.05, 3.63) is 47.7 Å². The molecule has 14 heteroatoms. The molecule has 3 aliphatic rings. The molecule has 2 aromatic carbocycles. The Morgan fingerprint density at radius 1 is 1.15 bits per heavy atom. The fourth-order valence-electron chi connectivity index (χ4n) is 7.29. The summed E-state index contributed by atoms with van der Waals surface area (Å²) in [7, 11) is 10.8. The topological polar surface area (TPSA) is 116 Å². The quantitative estimate of drug-likeness (QED) is 0.152. The highest BCUT2D eigenvalue weighted by Gasteiger charge is 2.45. The molecule has 1 unspecified atom stereocenters. The molecular formula is C33H32B2F2N6O4. The number of aromatic nitrogens is 3. The molecule has 7 rings (SSSR count). The molecule has 5 heterocycles. The maximum atomic E-state index is 16.8. The molecule has 238 valence electrons. The average Bonchev–Trinajstić information content (AvgIpc) is 3.63. The number of ether oxygens (including phenoxy) is 2. The van der Waals surface area contributed by atoms with Gasteiger partial charge < -0.3 is 29.9 Å². The van der Waals surface area contributed by atoms with E-state index in [1.165, 1.54) is 30.5 Å². The maximum Gasteiger partial charge on any atom is 0.319 e. The van der Waals surface area contributed by atoms with Crippen LogP contribution in [0.4, 0.5) is 14.6 Å². The number of phenols is 1. The largest absolute Gasteiger partial charge is 0.508 e. The number of benzene rings is 2. The highest BCUT2D eigenvalue weighted by Crippen LogP contribution is 2.41. The van der Waals surface area contributed by atoms with Crippen molar-refractivity contribution in [3.8, 4) is 35.4 Å². The molecule has 1 atom stereocenters. The second-order valence-corrected chi connectivity index (χ2v) is 12.5. The van der Waals surface area contributed by atoms with Gasteiger partial charge in [-0.1, -0.05) is 12.0 Å². The molecule has 47 heavy (non-hydrogen) atoms. The van der Waals surface area contributed by atoms with Gasteiger partial charge in [0.25, 0.3) is 0 Å². The van der Waals surface area contributed by atoms with Crippen molar-refractivity contribution in [2.24, 2.45) is 0 Å². The van der Waals surface area contributed by atoms with E-state index in [1.807, 2.05) is 4.90 Å². The molecule has 2 aromatic heterocycles. The van der Waals surface area contributed by atoms with Gasteiger partial charge in [0.05, 0.1) is 28.7 Å². The SMILES string of the molecule is [B]C([B])(O)OCC1CN(c2nc(OCC34CCCN3CCC4)nc3c(F)c(-c4cc(O)cc5ccc(F)c(C#C)c45)ncc23)CCN1. The molecule has 0 amide bonds. The van der Waals surface area contributed by atoms with Gasteiger partial charge in [0, 0.05) is 42.8 Å². The number of pyridine rings is 1. The Bertz CT molecular complexity index is 1890. The lowest BCUT2D eigenvalue weighted by atomic mass is 9.76. The van der Waals surface area contributed by atoms with E-state index in [0.717, 1.165) is 38.8 Å². The molecular weight excluding hydrogens is 604 g/mol. The van der Waals surface area contributed by atoms with Crippen LogP contribution >= 0.6 is 0 Å². The van der Waals surface area contributed by atoms with E-state index in [4.69, 9.17) is 36.6 Å². The first-order valence-electron chi connectivity index (χ1n) is 15.6. The van der Waals surface area contributed by atoms with E-state index in [2.05, 4.69) is 26.1 Å². The highest BCUT2D eigenvalue weighted by atomic mass is 19.1. The smallest absolute Gasteiger partial charge is 0.319 e. The third kappa shape index (κ3) is 5.97. The summed E-state index contributed by atoms with van der Waals surface area (Å²) in [6.45, 7) is 3.76. The second kappa shape index (κ2) is 12.2. The van der Waals surface area contributed by atoms with Crippen molar-refractivity contribution in [1.29, 1.82) is 0 Å². The van der Waals surface area contributed by atoms with E-state index in [0.29, 0.717) is 42.8 Å². The van der Waals surface area contributed by atoms with Crippen molar-refractivity contribution in [2.45, 2.75) is 42.8 Å². The monoisotopic (exact) mass is 636 g/mol. The molecule has 3 N–H and O–H groups in total. The number of terminal acetylenes is 1. The number of aliphatic hydroxyl groups is 1. The molecule has 0 aliphatic carbocycles. The lowest BCUT2D eigenvalue weighted by Gasteiger charge is -2.36. The minimum Gasteiger partial charge on any atom is -0.508 e. The first-order chi connectivity index (χ1) is 22.5. The average molecular weight is 636 g/mol. The van der Waals surface area contributed by atoms with Crippen molar-refractivity contribution in [3.63, 3.8) is 0 Å². The van der Waals surface area contributed by atoms with Crippen LogP contribution in [0, 0.1) is 24.0 Å². The standard InChI is InChI=1S/C33H32B2F2N6O4/c1-2-22-25(36)6-5-19-13-21(44)14-23(26(19)22)28-27(37)29-24(15-39-28)30(42-12-9-38-20(16-42)17-47-33(34,35)45)41-31(40-29)46-18-32-7-3-10-43(32)11-4-8-32/h1,5-6,13-15,20,38,44-45H,3-4,7-12,16-18H2. The van der Waals surface area contributed by atoms with Crippen LogP contribution in [-0.4, -0.2) is 109 Å². The molecule has 4 aromatic rings. The van der Waals surface area contributed by atoms with Crippen molar-refractivity contribution >= 4 is 43.2 Å². The van der Waals surface area contributed by atoms with Crippen LogP contribution in [0.15, 0.2) is 30.5 Å². The van der Waals surface area contributed by atoms with Gasteiger partial charge in [0.15, 0.2) is 5.82 Å². The van der Waals surface area contributed by atoms with Crippen LogP contribution in [0.2, 0.25) is 0 Å². The van der Waals surface area contributed by atoms with Gasteiger partial charge in [0.1, 0.15) is 50.9 Å². The fraction of sp³-hybridized carbons (Fsp3) is 0.424. The summed E-state index contributed by atoms with van der Waals surface area (Å²) in [6.07, 6.45) is 11.3. The number of hydrogen-bond acceptors (Lipinski definition) is 10. The first-order valence-corrected chi connectivity index (χ1v) is 15.6. The van der Waals surface area contributed by atoms with Crippen LogP contribution < -0.4 is 15.0 Å². The van der Waals surface area contributed by atoms with Gasteiger partial charge in [-0.05, 0) is 62.4 Å². The molecule has 0 saturated carbocycles. The number of nitrogens with zero attached hydrogens (tertiary/aromatic N) is 5. The number of aromatic hydroxyl groups is 1. The Balaban J connectivity index is 1.34. The van der Waals surface area contributed by atoms with Crippen molar-refractivity contribution in [1.82, 2.24) is 25.2 Å². The minimum atomic E-state index is -2.29. The number of anilines is 1. The zero-order valence-electron chi connectivity index (χ0n) is 25.7. The number of phenolic OH excluding ortho intramolecular Hbond substituents is 1. The Hall–Kier alpha value is -4.02. The van der Waals surface area contributed by atoms with E-state index >= 15 is 4.39 Å². The molecule has 3 saturated heterocycles. The number of fused-ring (bicyclic) bond motifs is 3. The van der Waals surface area contributed by atoms with Crippen LogP contribution in [0.3, 0.4) is 0 Å². The third-order valence-electron chi connectivity index (χ3n) is 9.45. The Morgan fingerprint density at radius 2 is 1.94 bits per heavy atom. The fourth-order valence-corrected chi connectivity index (χ4v) is 7.29. The Kier molecular flexibility index (Phi) is 8.20. The van der Waals surface area contributed by atoms with Crippen LogP contribution in [-0.2, 0) is 4.74 Å². The van der Waals surface area contributed by atoms with Crippen molar-refractivity contribution < 1.29 is 28.5 Å². The number of piperazine rings is 1. The Morgan fingerprint density at radius 3 is 2.68 bits per heavy atom. The van der Waals surface area contributed by atoms with Gasteiger partial charge >= 0.3 is 6.01 Å². The lowest BCUT2D eigenvalue weighted by Crippen LogP contribution is -2.54. The molecule has 0 bridgehead atoms. The van der Waals surface area contributed by atoms with Gasteiger partial charge in [-0.15, -0.1) is 6.42 Å². The maximum absolute atomic E-state index is 16.8. The molecule has 10 nitrogen and oxygen atoms in total. The summed E-state index contributed by atoms with van der Waals surface area (Å²) in [5.41, 5.74) is -2.56. The lowest BCUT2D eigenvalue weighted by molar-refractivity contribution is -0.0819. The summed E-state index contributed by atoms with van der Waals surface area (Å²) in [5, 5.41) is 24.5. The summed E-state index contributed by atoms with van der Waals surface area (Å²) < 4.78 is 43.1. The normalized spacial score (nSPS) is 19.7. The Labute approximate surface area is 273 Å². The van der Waals surface area contributed by atoms with E-state index < -0.39 is 17.2 Å². The molecule has 3 aliphatic heterocycles. The predicted octanol–water partition coefficient (Wildman–Crippen LogP) is 2.55. The number of hydrogen-bond donors (Lipinski definition) is 3. The van der Waals surface area contributed by atoms with Gasteiger partial charge in [0.2, 0.25) is 0 Å². The summed E-state index contributed by atoms with van der Waals surface area (Å²) in [4.78, 5) is 18.2. The third-order valence-corrected chi connectivity index (χ3v) is 9.45. The zero-order chi connectivity index (χ0) is 32.9. The summed E-state index contributed by atoms with van der Waals surface area (Å²) in [5.74, 6) is 1.14. The number of nitrogens with one attached hydrogen (secondary N) is 1. The van der Waals surface area contributed by atoms with Crippen LogP contribution in [0.25, 0.3) is 32.9 Å². The number of rotatable bonds is 8. The van der Waals surface area contributed by atoms with E-state index in [-0.39, 0.29) is 57.7 Å². The van der Waals surface area contributed by atoms with E-state index in [1.54, 1.807) is 0 Å². The van der Waals surface area contributed by atoms with Crippen LogP contribution in [0.5, 0.6) is 11.8 Å². The van der Waals surface area contributed by atoms with Gasteiger partial charge in [-0.2, -0.15) is 9.97 Å².